The molecule has 0 aromatic heterocycles. The minimum atomic E-state index is -0.0358. The van der Waals surface area contributed by atoms with Crippen LogP contribution in [0.15, 0.2) is 0 Å². The van der Waals surface area contributed by atoms with Crippen LogP contribution in [-0.4, -0.2) is 19.1 Å². The molecule has 2 aliphatic rings. The van der Waals surface area contributed by atoms with Crippen LogP contribution in [0.3, 0.4) is 0 Å². The fourth-order valence-electron chi connectivity index (χ4n) is 2.82. The van der Waals surface area contributed by atoms with E-state index in [1.54, 1.807) is 0 Å². The molecule has 11 heavy (non-hydrogen) atoms. The fourth-order valence-corrected chi connectivity index (χ4v) is 2.82. The SMILES string of the molecule is [B]C1CCCC2C(O)CCC12. The average molecular weight is 150 g/mol. The van der Waals surface area contributed by atoms with Crippen molar-refractivity contribution in [3.05, 3.63) is 0 Å². The molecule has 0 aliphatic heterocycles. The van der Waals surface area contributed by atoms with Crippen LogP contribution in [0.4, 0.5) is 0 Å². The van der Waals surface area contributed by atoms with Gasteiger partial charge in [0.2, 0.25) is 0 Å². The molecule has 0 saturated heterocycles. The third kappa shape index (κ3) is 1.22. The van der Waals surface area contributed by atoms with Gasteiger partial charge in [0.15, 0.2) is 0 Å². The van der Waals surface area contributed by atoms with Gasteiger partial charge in [-0.1, -0.05) is 18.7 Å². The first-order valence-electron chi connectivity index (χ1n) is 4.72. The molecule has 2 heteroatoms. The summed E-state index contributed by atoms with van der Waals surface area (Å²) in [6.45, 7) is 0. The summed E-state index contributed by atoms with van der Waals surface area (Å²) in [4.78, 5) is 0. The van der Waals surface area contributed by atoms with E-state index in [1.807, 2.05) is 0 Å². The topological polar surface area (TPSA) is 20.2 Å². The van der Waals surface area contributed by atoms with Gasteiger partial charge in [0.25, 0.3) is 0 Å². The highest BCUT2D eigenvalue weighted by Crippen LogP contribution is 2.46. The minimum absolute atomic E-state index is 0.0358. The smallest absolute Gasteiger partial charge is 0.0703 e. The predicted octanol–water partition coefficient (Wildman–Crippen LogP) is 1.51. The fraction of sp³-hybridized carbons (Fsp3) is 1.00. The molecule has 0 bridgehead atoms. The Bertz CT molecular complexity index is 146. The summed E-state index contributed by atoms with van der Waals surface area (Å²) in [5.41, 5.74) is 0. The molecular formula is C9H15BO. The Hall–Kier alpha value is 0.0249. The molecule has 4 unspecified atom stereocenters. The molecular weight excluding hydrogens is 135 g/mol. The van der Waals surface area contributed by atoms with E-state index >= 15 is 0 Å². The van der Waals surface area contributed by atoms with Crippen LogP contribution in [0.1, 0.15) is 32.1 Å². The second kappa shape index (κ2) is 2.82. The van der Waals surface area contributed by atoms with E-state index in [-0.39, 0.29) is 6.10 Å². The van der Waals surface area contributed by atoms with Crippen molar-refractivity contribution < 1.29 is 5.11 Å². The number of aliphatic hydroxyl groups is 1. The highest BCUT2D eigenvalue weighted by atomic mass is 16.3. The van der Waals surface area contributed by atoms with Gasteiger partial charge in [-0.25, -0.2) is 0 Å². The molecule has 4 atom stereocenters. The molecule has 2 radical (unpaired) electrons. The largest absolute Gasteiger partial charge is 0.393 e. The average Bonchev–Trinajstić information content (AvgIpc) is 2.35. The van der Waals surface area contributed by atoms with Crippen LogP contribution in [0.2, 0.25) is 5.82 Å². The van der Waals surface area contributed by atoms with Gasteiger partial charge >= 0.3 is 0 Å². The van der Waals surface area contributed by atoms with E-state index in [0.29, 0.717) is 17.7 Å². The van der Waals surface area contributed by atoms with E-state index in [4.69, 9.17) is 7.85 Å². The third-order valence-corrected chi connectivity index (χ3v) is 3.46. The van der Waals surface area contributed by atoms with Crippen molar-refractivity contribution in [2.24, 2.45) is 11.8 Å². The molecule has 1 nitrogen and oxygen atoms in total. The molecule has 2 saturated carbocycles. The minimum Gasteiger partial charge on any atom is -0.393 e. The molecule has 1 N–H and O–H groups in total. The number of rotatable bonds is 0. The van der Waals surface area contributed by atoms with Crippen LogP contribution in [0.25, 0.3) is 0 Å². The van der Waals surface area contributed by atoms with E-state index in [1.165, 1.54) is 19.3 Å². The Morgan fingerprint density at radius 1 is 1.00 bits per heavy atom. The van der Waals surface area contributed by atoms with Crippen molar-refractivity contribution in [3.8, 4) is 0 Å². The van der Waals surface area contributed by atoms with Crippen LogP contribution in [-0.2, 0) is 0 Å². The first kappa shape index (κ1) is 7.66. The number of hydrogen-bond donors (Lipinski definition) is 1. The summed E-state index contributed by atoms with van der Waals surface area (Å²) in [5.74, 6) is 1.56. The van der Waals surface area contributed by atoms with E-state index in [9.17, 15) is 5.11 Å². The summed E-state index contributed by atoms with van der Waals surface area (Å²) in [6, 6.07) is 0. The maximum Gasteiger partial charge on any atom is 0.0703 e. The number of fused-ring (bicyclic) bond motifs is 1. The van der Waals surface area contributed by atoms with Crippen molar-refractivity contribution in [1.82, 2.24) is 0 Å². The van der Waals surface area contributed by atoms with Crippen molar-refractivity contribution in [2.45, 2.75) is 44.0 Å². The summed E-state index contributed by atoms with van der Waals surface area (Å²) >= 11 is 0. The summed E-state index contributed by atoms with van der Waals surface area (Å²) in [5, 5.41) is 9.59. The van der Waals surface area contributed by atoms with Crippen LogP contribution in [0, 0.1) is 11.8 Å². The summed E-state index contributed by atoms with van der Waals surface area (Å²) < 4.78 is 0. The normalized spacial score (nSPS) is 50.6. The lowest BCUT2D eigenvalue weighted by Crippen LogP contribution is -2.26. The van der Waals surface area contributed by atoms with Crippen LogP contribution in [0.5, 0.6) is 0 Å². The summed E-state index contributed by atoms with van der Waals surface area (Å²) in [7, 11) is 5.97. The maximum atomic E-state index is 9.59. The van der Waals surface area contributed by atoms with Crippen molar-refractivity contribution >= 4 is 7.85 Å². The third-order valence-electron chi connectivity index (χ3n) is 3.46. The Balaban J connectivity index is 2.07. The zero-order valence-corrected chi connectivity index (χ0v) is 6.87. The monoisotopic (exact) mass is 150 g/mol. The van der Waals surface area contributed by atoms with E-state index < -0.39 is 0 Å². The molecule has 0 aromatic rings. The lowest BCUT2D eigenvalue weighted by Gasteiger charge is -2.32. The Labute approximate surface area is 69.6 Å². The molecule has 0 amide bonds. The molecule has 2 aliphatic carbocycles. The van der Waals surface area contributed by atoms with Crippen LogP contribution >= 0.6 is 0 Å². The van der Waals surface area contributed by atoms with Gasteiger partial charge in [-0.15, -0.1) is 0 Å². The van der Waals surface area contributed by atoms with Gasteiger partial charge in [-0.2, -0.15) is 0 Å². The second-order valence-corrected chi connectivity index (χ2v) is 4.07. The standard InChI is InChI=1S/C9H15BO/c10-8-3-1-2-7-6(8)4-5-9(7)11/h6-9,11H,1-5H2. The first-order valence-corrected chi connectivity index (χ1v) is 4.72. The lowest BCUT2D eigenvalue weighted by atomic mass is 9.64. The second-order valence-electron chi connectivity index (χ2n) is 4.07. The van der Waals surface area contributed by atoms with Crippen molar-refractivity contribution in [1.29, 1.82) is 0 Å². The highest BCUT2D eigenvalue weighted by Gasteiger charge is 2.39. The zero-order valence-electron chi connectivity index (χ0n) is 6.87. The quantitative estimate of drug-likeness (QED) is 0.519. The predicted molar refractivity (Wildman–Crippen MR) is 45.6 cm³/mol. The Kier molecular flexibility index (Phi) is 1.96. The highest BCUT2D eigenvalue weighted by molar-refractivity contribution is 6.11. The number of hydrogen-bond acceptors (Lipinski definition) is 1. The van der Waals surface area contributed by atoms with Crippen molar-refractivity contribution in [2.75, 3.05) is 0 Å². The maximum absolute atomic E-state index is 9.59. The Morgan fingerprint density at radius 3 is 2.55 bits per heavy atom. The Morgan fingerprint density at radius 2 is 1.82 bits per heavy atom. The van der Waals surface area contributed by atoms with Gasteiger partial charge < -0.3 is 5.11 Å². The van der Waals surface area contributed by atoms with Gasteiger partial charge in [0.1, 0.15) is 0 Å². The van der Waals surface area contributed by atoms with Crippen molar-refractivity contribution in [3.63, 3.8) is 0 Å². The van der Waals surface area contributed by atoms with Gasteiger partial charge in [0.05, 0.1) is 14.0 Å². The molecule has 0 spiro atoms. The molecule has 2 fully saturated rings. The molecule has 2 rings (SSSR count). The molecule has 0 heterocycles. The first-order chi connectivity index (χ1) is 5.29. The zero-order chi connectivity index (χ0) is 7.84. The lowest BCUT2D eigenvalue weighted by molar-refractivity contribution is 0.0966. The van der Waals surface area contributed by atoms with E-state index in [2.05, 4.69) is 0 Å². The summed E-state index contributed by atoms with van der Waals surface area (Å²) in [6.07, 6.45) is 5.72. The van der Waals surface area contributed by atoms with Gasteiger partial charge in [-0.3, -0.25) is 0 Å². The molecule has 0 aromatic carbocycles. The van der Waals surface area contributed by atoms with Crippen LogP contribution < -0.4 is 0 Å². The number of aliphatic hydroxyl groups excluding tert-OH is 1. The molecule has 60 valence electrons. The van der Waals surface area contributed by atoms with Gasteiger partial charge in [0, 0.05) is 0 Å². The van der Waals surface area contributed by atoms with E-state index in [0.717, 1.165) is 12.8 Å². The van der Waals surface area contributed by atoms with Gasteiger partial charge in [-0.05, 0) is 31.1 Å².